The molecule has 0 unspecified atom stereocenters. The van der Waals surface area contributed by atoms with E-state index in [-0.39, 0.29) is 23.9 Å². The van der Waals surface area contributed by atoms with Crippen LogP contribution in [0.4, 0.5) is 10.5 Å². The van der Waals surface area contributed by atoms with Crippen molar-refractivity contribution in [3.8, 4) is 0 Å². The van der Waals surface area contributed by atoms with Gasteiger partial charge in [0, 0.05) is 29.1 Å². The third kappa shape index (κ3) is 4.42. The highest BCUT2D eigenvalue weighted by Gasteiger charge is 2.51. The molecule has 27 heavy (non-hydrogen) atoms. The van der Waals surface area contributed by atoms with E-state index < -0.39 is 0 Å². The molecule has 0 radical (unpaired) electrons. The number of benzene rings is 1. The summed E-state index contributed by atoms with van der Waals surface area (Å²) in [7, 11) is 0. The maximum Gasteiger partial charge on any atom is 0.315 e. The SMILES string of the molecule is CSc1cccc(NC(=O)CCNC(=O)NC23CC4CC(CC(C4)C2)C3)c1. The Hall–Kier alpha value is -1.69. The van der Waals surface area contributed by atoms with Gasteiger partial charge in [0.2, 0.25) is 5.91 Å². The Bertz CT molecular complexity index is 686. The first-order valence-corrected chi connectivity index (χ1v) is 11.3. The molecule has 0 aromatic heterocycles. The summed E-state index contributed by atoms with van der Waals surface area (Å²) >= 11 is 1.64. The summed E-state index contributed by atoms with van der Waals surface area (Å²) in [6.45, 7) is 0.353. The average Bonchev–Trinajstić information content (AvgIpc) is 2.60. The largest absolute Gasteiger partial charge is 0.338 e. The monoisotopic (exact) mass is 387 g/mol. The molecule has 0 saturated heterocycles. The van der Waals surface area contributed by atoms with Crippen molar-refractivity contribution >= 4 is 29.4 Å². The third-order valence-corrected chi connectivity index (χ3v) is 7.13. The van der Waals surface area contributed by atoms with Gasteiger partial charge in [0.25, 0.3) is 0 Å². The fourth-order valence-corrected chi connectivity index (χ4v) is 6.22. The number of amides is 3. The normalized spacial score (nSPS) is 30.8. The van der Waals surface area contributed by atoms with Crippen molar-refractivity contribution in [2.45, 2.75) is 55.4 Å². The molecule has 4 aliphatic carbocycles. The summed E-state index contributed by atoms with van der Waals surface area (Å²) in [4.78, 5) is 25.6. The van der Waals surface area contributed by atoms with Gasteiger partial charge in [-0.25, -0.2) is 4.79 Å². The van der Waals surface area contributed by atoms with Crippen LogP contribution in [0.2, 0.25) is 0 Å². The zero-order chi connectivity index (χ0) is 18.9. The van der Waals surface area contributed by atoms with Gasteiger partial charge < -0.3 is 16.0 Å². The lowest BCUT2D eigenvalue weighted by molar-refractivity contribution is -0.116. The predicted octanol–water partition coefficient (Wildman–Crippen LogP) is 4.01. The van der Waals surface area contributed by atoms with Crippen molar-refractivity contribution < 1.29 is 9.59 Å². The van der Waals surface area contributed by atoms with Crippen LogP contribution >= 0.6 is 11.8 Å². The van der Waals surface area contributed by atoms with Crippen LogP contribution in [-0.2, 0) is 4.79 Å². The van der Waals surface area contributed by atoms with E-state index >= 15 is 0 Å². The lowest BCUT2D eigenvalue weighted by atomic mass is 9.53. The minimum absolute atomic E-state index is 0.0132. The number of carbonyl (C=O) groups excluding carboxylic acids is 2. The number of thioether (sulfide) groups is 1. The summed E-state index contributed by atoms with van der Waals surface area (Å²) in [5.74, 6) is 2.33. The van der Waals surface area contributed by atoms with Crippen LogP contribution in [0.5, 0.6) is 0 Å². The van der Waals surface area contributed by atoms with E-state index in [0.717, 1.165) is 47.6 Å². The van der Waals surface area contributed by atoms with Gasteiger partial charge in [-0.3, -0.25) is 4.79 Å². The van der Waals surface area contributed by atoms with Gasteiger partial charge in [-0.2, -0.15) is 0 Å². The predicted molar refractivity (Wildman–Crippen MR) is 109 cm³/mol. The minimum atomic E-state index is -0.117. The average molecular weight is 388 g/mol. The number of hydrogen-bond acceptors (Lipinski definition) is 3. The number of carbonyl (C=O) groups is 2. The Labute approximate surface area is 165 Å². The number of nitrogens with one attached hydrogen (secondary N) is 3. The van der Waals surface area contributed by atoms with Crippen molar-refractivity contribution in [1.29, 1.82) is 0 Å². The van der Waals surface area contributed by atoms with Crippen LogP contribution in [0.3, 0.4) is 0 Å². The molecular weight excluding hydrogens is 358 g/mol. The van der Waals surface area contributed by atoms with Crippen LogP contribution < -0.4 is 16.0 Å². The Kier molecular flexibility index (Phi) is 5.35. The first-order valence-electron chi connectivity index (χ1n) is 10.0. The van der Waals surface area contributed by atoms with Gasteiger partial charge in [-0.05, 0) is 80.7 Å². The highest BCUT2D eigenvalue weighted by atomic mass is 32.2. The van der Waals surface area contributed by atoms with E-state index in [0.29, 0.717) is 6.54 Å². The number of rotatable bonds is 6. The van der Waals surface area contributed by atoms with Crippen molar-refractivity contribution in [3.05, 3.63) is 24.3 Å². The Morgan fingerprint density at radius 2 is 1.78 bits per heavy atom. The number of urea groups is 1. The first-order chi connectivity index (χ1) is 13.0. The van der Waals surface area contributed by atoms with Gasteiger partial charge in [0.1, 0.15) is 0 Å². The quantitative estimate of drug-likeness (QED) is 0.646. The molecule has 4 saturated carbocycles. The molecule has 1 aromatic rings. The summed E-state index contributed by atoms with van der Waals surface area (Å²) in [6.07, 6.45) is 9.78. The summed E-state index contributed by atoms with van der Waals surface area (Å²) < 4.78 is 0. The van der Waals surface area contributed by atoms with Crippen LogP contribution in [-0.4, -0.2) is 30.3 Å². The molecule has 3 N–H and O–H groups in total. The van der Waals surface area contributed by atoms with Crippen molar-refractivity contribution in [1.82, 2.24) is 10.6 Å². The Balaban J connectivity index is 1.21. The van der Waals surface area contributed by atoms with Gasteiger partial charge in [-0.1, -0.05) is 6.07 Å². The molecule has 5 nitrogen and oxygen atoms in total. The molecule has 1 aromatic carbocycles. The molecule has 4 fully saturated rings. The van der Waals surface area contributed by atoms with E-state index in [4.69, 9.17) is 0 Å². The lowest BCUT2D eigenvalue weighted by Crippen LogP contribution is -2.61. The fraction of sp³-hybridized carbons (Fsp3) is 0.619. The number of anilines is 1. The lowest BCUT2D eigenvalue weighted by Gasteiger charge is -2.56. The molecule has 0 aliphatic heterocycles. The second kappa shape index (κ2) is 7.74. The highest BCUT2D eigenvalue weighted by molar-refractivity contribution is 7.98. The van der Waals surface area contributed by atoms with E-state index in [1.807, 2.05) is 30.5 Å². The molecule has 0 atom stereocenters. The van der Waals surface area contributed by atoms with Gasteiger partial charge in [0.15, 0.2) is 0 Å². The first kappa shape index (κ1) is 18.7. The van der Waals surface area contributed by atoms with Crippen LogP contribution in [0.25, 0.3) is 0 Å². The van der Waals surface area contributed by atoms with Gasteiger partial charge >= 0.3 is 6.03 Å². The smallest absolute Gasteiger partial charge is 0.315 e. The summed E-state index contributed by atoms with van der Waals surface area (Å²) in [5.41, 5.74) is 0.809. The summed E-state index contributed by atoms with van der Waals surface area (Å²) in [5, 5.41) is 9.05. The topological polar surface area (TPSA) is 70.2 Å². The second-order valence-electron chi connectivity index (χ2n) is 8.61. The van der Waals surface area contributed by atoms with E-state index in [1.165, 1.54) is 19.3 Å². The standard InChI is InChI=1S/C21H29N3O2S/c1-27-18-4-2-3-17(10-18)23-19(25)5-6-22-20(26)24-21-11-14-7-15(12-21)9-16(8-14)13-21/h2-4,10,14-16H,5-9,11-13H2,1H3,(H,23,25)(H2,22,24,26). The molecule has 0 spiro atoms. The van der Waals surface area contributed by atoms with Gasteiger partial charge in [0.05, 0.1) is 0 Å². The van der Waals surface area contributed by atoms with E-state index in [1.54, 1.807) is 11.8 Å². The van der Waals surface area contributed by atoms with Crippen molar-refractivity contribution in [2.24, 2.45) is 17.8 Å². The molecule has 146 valence electrons. The van der Waals surface area contributed by atoms with Crippen molar-refractivity contribution in [3.63, 3.8) is 0 Å². The summed E-state index contributed by atoms with van der Waals surface area (Å²) in [6, 6.07) is 7.66. The maximum absolute atomic E-state index is 12.4. The zero-order valence-electron chi connectivity index (χ0n) is 15.9. The third-order valence-electron chi connectivity index (χ3n) is 6.41. The van der Waals surface area contributed by atoms with Crippen LogP contribution in [0.15, 0.2) is 29.2 Å². The molecule has 6 heteroatoms. The van der Waals surface area contributed by atoms with Crippen LogP contribution in [0, 0.1) is 17.8 Å². The van der Waals surface area contributed by atoms with Crippen LogP contribution in [0.1, 0.15) is 44.9 Å². The molecule has 0 heterocycles. The molecule has 3 amide bonds. The molecule has 4 bridgehead atoms. The maximum atomic E-state index is 12.4. The molecule has 4 aliphatic rings. The highest BCUT2D eigenvalue weighted by Crippen LogP contribution is 2.55. The van der Waals surface area contributed by atoms with E-state index in [2.05, 4.69) is 16.0 Å². The number of hydrogen-bond donors (Lipinski definition) is 3. The van der Waals surface area contributed by atoms with Gasteiger partial charge in [-0.15, -0.1) is 11.8 Å². The van der Waals surface area contributed by atoms with Crippen molar-refractivity contribution in [2.75, 3.05) is 18.1 Å². The fourth-order valence-electron chi connectivity index (χ4n) is 5.76. The minimum Gasteiger partial charge on any atom is -0.338 e. The second-order valence-corrected chi connectivity index (χ2v) is 9.49. The molecular formula is C21H29N3O2S. The zero-order valence-corrected chi connectivity index (χ0v) is 16.7. The molecule has 5 rings (SSSR count). The Morgan fingerprint density at radius 3 is 2.41 bits per heavy atom. The van der Waals surface area contributed by atoms with E-state index in [9.17, 15) is 9.59 Å². The Morgan fingerprint density at radius 1 is 1.11 bits per heavy atom.